The van der Waals surface area contributed by atoms with Crippen molar-refractivity contribution in [2.24, 2.45) is 0 Å². The molecule has 198 valence electrons. The Balaban J connectivity index is 1.69. The molecule has 0 saturated carbocycles. The standard InChI is InChI=1S/C25H26O12/c1-34-15-6-4-14(5-8-20(28)29)18(11-15)36-25-24(33)23(32)22(31)19(37-25)12-35-21(30)9-3-13-2-7-16(26)17(27)10-13/h2-11,19,22-27,31-33H,12H2,1H3,(H,28,29). The van der Waals surface area contributed by atoms with Crippen LogP contribution < -0.4 is 9.47 Å². The maximum Gasteiger partial charge on any atom is 0.330 e. The number of aromatic hydroxyl groups is 2. The fraction of sp³-hybridized carbons (Fsp3) is 0.280. The molecule has 2 aromatic carbocycles. The van der Waals surface area contributed by atoms with Gasteiger partial charge in [-0.15, -0.1) is 0 Å². The maximum absolute atomic E-state index is 12.1. The van der Waals surface area contributed by atoms with Gasteiger partial charge in [0.15, 0.2) is 11.5 Å². The molecule has 2 aromatic rings. The van der Waals surface area contributed by atoms with Gasteiger partial charge in [0.2, 0.25) is 6.29 Å². The summed E-state index contributed by atoms with van der Waals surface area (Å²) >= 11 is 0. The topological polar surface area (TPSA) is 192 Å². The Labute approximate surface area is 210 Å². The molecule has 12 nitrogen and oxygen atoms in total. The van der Waals surface area contributed by atoms with Crippen molar-refractivity contribution in [1.82, 2.24) is 0 Å². The molecular formula is C25H26O12. The van der Waals surface area contributed by atoms with Crippen molar-refractivity contribution < 1.29 is 59.2 Å². The highest BCUT2D eigenvalue weighted by Crippen LogP contribution is 2.31. The predicted molar refractivity (Wildman–Crippen MR) is 127 cm³/mol. The van der Waals surface area contributed by atoms with Gasteiger partial charge in [0, 0.05) is 23.8 Å². The van der Waals surface area contributed by atoms with Gasteiger partial charge in [-0.25, -0.2) is 9.59 Å². The highest BCUT2D eigenvalue weighted by molar-refractivity contribution is 5.87. The number of methoxy groups -OCH3 is 1. The minimum absolute atomic E-state index is 0.0559. The van der Waals surface area contributed by atoms with Gasteiger partial charge < -0.3 is 49.6 Å². The molecule has 3 rings (SSSR count). The molecule has 1 aliphatic heterocycles. The molecule has 0 aliphatic carbocycles. The normalized spacial score (nSPS) is 23.7. The quantitative estimate of drug-likeness (QED) is 0.154. The molecule has 37 heavy (non-hydrogen) atoms. The van der Waals surface area contributed by atoms with Crippen LogP contribution in [0.15, 0.2) is 48.6 Å². The molecule has 0 radical (unpaired) electrons. The zero-order chi connectivity index (χ0) is 27.1. The average molecular weight is 518 g/mol. The highest BCUT2D eigenvalue weighted by Gasteiger charge is 2.45. The molecule has 5 unspecified atom stereocenters. The lowest BCUT2D eigenvalue weighted by molar-refractivity contribution is -0.278. The lowest BCUT2D eigenvalue weighted by Gasteiger charge is -2.40. The molecule has 1 aliphatic rings. The highest BCUT2D eigenvalue weighted by atomic mass is 16.7. The van der Waals surface area contributed by atoms with E-state index in [-0.39, 0.29) is 17.2 Å². The number of carbonyl (C=O) groups is 2. The van der Waals surface area contributed by atoms with Gasteiger partial charge in [0.25, 0.3) is 0 Å². The average Bonchev–Trinajstić information content (AvgIpc) is 2.87. The Morgan fingerprint density at radius 2 is 1.70 bits per heavy atom. The first-order chi connectivity index (χ1) is 17.6. The van der Waals surface area contributed by atoms with Crippen molar-refractivity contribution in [3.63, 3.8) is 0 Å². The molecule has 12 heteroatoms. The number of hydrogen-bond acceptors (Lipinski definition) is 11. The van der Waals surface area contributed by atoms with Gasteiger partial charge in [-0.1, -0.05) is 6.07 Å². The second-order valence-electron chi connectivity index (χ2n) is 7.92. The molecule has 6 N–H and O–H groups in total. The molecule has 1 heterocycles. The zero-order valence-corrected chi connectivity index (χ0v) is 19.5. The van der Waals surface area contributed by atoms with E-state index < -0.39 is 49.3 Å². The number of phenols is 2. The van der Waals surface area contributed by atoms with Crippen LogP contribution in [0.3, 0.4) is 0 Å². The van der Waals surface area contributed by atoms with Gasteiger partial charge in [0.1, 0.15) is 42.5 Å². The second-order valence-corrected chi connectivity index (χ2v) is 7.92. The first-order valence-electron chi connectivity index (χ1n) is 10.9. The number of carboxylic acid groups (broad SMARTS) is 1. The Morgan fingerprint density at radius 3 is 2.38 bits per heavy atom. The zero-order valence-electron chi connectivity index (χ0n) is 19.5. The third-order valence-corrected chi connectivity index (χ3v) is 5.34. The Morgan fingerprint density at radius 1 is 0.946 bits per heavy atom. The summed E-state index contributed by atoms with van der Waals surface area (Å²) in [6.45, 7) is -0.515. The summed E-state index contributed by atoms with van der Waals surface area (Å²) < 4.78 is 21.5. The monoisotopic (exact) mass is 518 g/mol. The van der Waals surface area contributed by atoms with E-state index in [9.17, 15) is 35.1 Å². The third-order valence-electron chi connectivity index (χ3n) is 5.34. The minimum atomic E-state index is -1.72. The molecule has 0 aromatic heterocycles. The van der Waals surface area contributed by atoms with Crippen molar-refractivity contribution >= 4 is 24.1 Å². The number of aliphatic hydroxyl groups excluding tert-OH is 3. The van der Waals surface area contributed by atoms with Gasteiger partial charge in [-0.05, 0) is 42.0 Å². The summed E-state index contributed by atoms with van der Waals surface area (Å²) in [7, 11) is 1.40. The van der Waals surface area contributed by atoms with Crippen molar-refractivity contribution in [1.29, 1.82) is 0 Å². The van der Waals surface area contributed by atoms with Gasteiger partial charge in [-0.3, -0.25) is 0 Å². The number of aliphatic carboxylic acids is 1. The maximum atomic E-state index is 12.1. The number of benzene rings is 2. The first-order valence-corrected chi connectivity index (χ1v) is 10.9. The number of rotatable bonds is 9. The van der Waals surface area contributed by atoms with E-state index >= 15 is 0 Å². The number of aliphatic hydroxyl groups is 3. The summed E-state index contributed by atoms with van der Waals surface area (Å²) in [6, 6.07) is 8.39. The van der Waals surface area contributed by atoms with Crippen LogP contribution in [-0.2, 0) is 19.1 Å². The van der Waals surface area contributed by atoms with Crippen LogP contribution in [0.25, 0.3) is 12.2 Å². The van der Waals surface area contributed by atoms with Crippen molar-refractivity contribution in [2.75, 3.05) is 13.7 Å². The molecule has 0 bridgehead atoms. The SMILES string of the molecule is COc1ccc(C=CC(=O)O)c(OC2OC(COC(=O)C=Cc3ccc(O)c(O)c3)C(O)C(O)C2O)c1. The van der Waals surface area contributed by atoms with E-state index in [1.165, 1.54) is 49.6 Å². The van der Waals surface area contributed by atoms with Crippen LogP contribution in [0.2, 0.25) is 0 Å². The Kier molecular flexibility index (Phi) is 9.09. The lowest BCUT2D eigenvalue weighted by Crippen LogP contribution is -2.60. The predicted octanol–water partition coefficient (Wildman–Crippen LogP) is 0.647. The Hall–Kier alpha value is -4.10. The lowest BCUT2D eigenvalue weighted by atomic mass is 9.99. The largest absolute Gasteiger partial charge is 0.504 e. The van der Waals surface area contributed by atoms with Gasteiger partial charge >= 0.3 is 11.9 Å². The van der Waals surface area contributed by atoms with Gasteiger partial charge in [0.05, 0.1) is 7.11 Å². The summed E-state index contributed by atoms with van der Waals surface area (Å²) in [5, 5.41) is 58.8. The van der Waals surface area contributed by atoms with E-state index in [1.807, 2.05) is 0 Å². The first kappa shape index (κ1) is 27.5. The van der Waals surface area contributed by atoms with E-state index in [2.05, 4.69) is 0 Å². The molecule has 5 atom stereocenters. The van der Waals surface area contributed by atoms with Crippen LogP contribution >= 0.6 is 0 Å². The van der Waals surface area contributed by atoms with E-state index in [0.29, 0.717) is 16.9 Å². The molecule has 1 fully saturated rings. The summed E-state index contributed by atoms with van der Waals surface area (Å²) in [4.78, 5) is 23.0. The molecule has 1 saturated heterocycles. The summed E-state index contributed by atoms with van der Waals surface area (Å²) in [6.07, 6.45) is -3.39. The van der Waals surface area contributed by atoms with E-state index in [1.54, 1.807) is 6.07 Å². The minimum Gasteiger partial charge on any atom is -0.504 e. The van der Waals surface area contributed by atoms with Crippen LogP contribution in [0, 0.1) is 0 Å². The smallest absolute Gasteiger partial charge is 0.330 e. The number of ether oxygens (including phenoxy) is 4. The molecule has 0 amide bonds. The van der Waals surface area contributed by atoms with Crippen LogP contribution in [-0.4, -0.2) is 87.0 Å². The number of esters is 1. The number of phenolic OH excluding ortho intramolecular Hbond substituents is 2. The number of hydrogen-bond donors (Lipinski definition) is 6. The summed E-state index contributed by atoms with van der Waals surface area (Å²) in [5.74, 6) is -2.32. The van der Waals surface area contributed by atoms with Crippen LogP contribution in [0.5, 0.6) is 23.0 Å². The Bertz CT molecular complexity index is 1170. The van der Waals surface area contributed by atoms with Crippen molar-refractivity contribution in [3.8, 4) is 23.0 Å². The van der Waals surface area contributed by atoms with Gasteiger partial charge in [-0.2, -0.15) is 0 Å². The molecular weight excluding hydrogens is 492 g/mol. The summed E-state index contributed by atoms with van der Waals surface area (Å²) in [5.41, 5.74) is 0.701. The van der Waals surface area contributed by atoms with E-state index in [0.717, 1.165) is 12.2 Å². The van der Waals surface area contributed by atoms with E-state index in [4.69, 9.17) is 24.1 Å². The van der Waals surface area contributed by atoms with Crippen molar-refractivity contribution in [2.45, 2.75) is 30.7 Å². The van der Waals surface area contributed by atoms with Crippen LogP contribution in [0.4, 0.5) is 0 Å². The fourth-order valence-electron chi connectivity index (χ4n) is 3.34. The van der Waals surface area contributed by atoms with Crippen molar-refractivity contribution in [3.05, 3.63) is 59.7 Å². The number of carbonyl (C=O) groups excluding carboxylic acids is 1. The second kappa shape index (κ2) is 12.2. The number of carboxylic acids is 1. The molecule has 0 spiro atoms. The third kappa shape index (κ3) is 7.21. The van der Waals surface area contributed by atoms with Crippen LogP contribution in [0.1, 0.15) is 11.1 Å². The fourth-order valence-corrected chi connectivity index (χ4v) is 3.34.